The number of aromatic nitrogens is 1. The van der Waals surface area contributed by atoms with E-state index in [1.807, 2.05) is 0 Å². The molecule has 0 bridgehead atoms. The summed E-state index contributed by atoms with van der Waals surface area (Å²) in [6, 6.07) is 5.71. The molecular formula is C12H10BrFN2O3S. The molecule has 1 heterocycles. The first kappa shape index (κ1) is 14.7. The first-order chi connectivity index (χ1) is 9.42. The summed E-state index contributed by atoms with van der Waals surface area (Å²) in [5.74, 6) is -0.235. The van der Waals surface area contributed by atoms with Crippen molar-refractivity contribution in [2.45, 2.75) is 4.90 Å². The molecule has 8 heteroatoms. The molecule has 106 valence electrons. The minimum absolute atomic E-state index is 0.257. The number of methoxy groups -OCH3 is 1. The molecule has 0 aliphatic carbocycles. The Hall–Kier alpha value is -1.67. The topological polar surface area (TPSA) is 68.3 Å². The second-order valence-electron chi connectivity index (χ2n) is 3.79. The summed E-state index contributed by atoms with van der Waals surface area (Å²) in [5.41, 5.74) is 0.286. The molecule has 0 amide bonds. The predicted molar refractivity (Wildman–Crippen MR) is 75.7 cm³/mol. The first-order valence-corrected chi connectivity index (χ1v) is 7.67. The zero-order valence-corrected chi connectivity index (χ0v) is 12.7. The molecule has 0 saturated carbocycles. The van der Waals surface area contributed by atoms with Crippen molar-refractivity contribution in [1.29, 1.82) is 0 Å². The fraction of sp³-hybridized carbons (Fsp3) is 0.0833. The average Bonchev–Trinajstić information content (AvgIpc) is 2.41. The van der Waals surface area contributed by atoms with E-state index in [2.05, 4.69) is 25.6 Å². The Kier molecular flexibility index (Phi) is 4.24. The summed E-state index contributed by atoms with van der Waals surface area (Å²) < 4.78 is 45.2. The Labute approximate surface area is 124 Å². The van der Waals surface area contributed by atoms with E-state index in [0.29, 0.717) is 10.2 Å². The van der Waals surface area contributed by atoms with Crippen LogP contribution in [0.5, 0.6) is 5.75 Å². The number of hydrogen-bond acceptors (Lipinski definition) is 4. The Bertz CT molecular complexity index is 737. The van der Waals surface area contributed by atoms with Gasteiger partial charge in [0, 0.05) is 16.7 Å². The van der Waals surface area contributed by atoms with Gasteiger partial charge >= 0.3 is 0 Å². The zero-order valence-electron chi connectivity index (χ0n) is 10.3. The van der Waals surface area contributed by atoms with Crippen LogP contribution in [0.4, 0.5) is 10.1 Å². The SMILES string of the molecule is COc1ccc(Br)c(NS(=O)(=O)c2cncc(F)c2)c1. The van der Waals surface area contributed by atoms with Crippen LogP contribution in [0.2, 0.25) is 0 Å². The van der Waals surface area contributed by atoms with Crippen LogP contribution in [0.1, 0.15) is 0 Å². The second kappa shape index (κ2) is 5.76. The Morgan fingerprint density at radius 3 is 2.70 bits per heavy atom. The number of rotatable bonds is 4. The van der Waals surface area contributed by atoms with Gasteiger partial charge in [-0.3, -0.25) is 9.71 Å². The molecule has 2 aromatic rings. The van der Waals surface area contributed by atoms with E-state index in [9.17, 15) is 12.8 Å². The highest BCUT2D eigenvalue weighted by Crippen LogP contribution is 2.29. The average molecular weight is 361 g/mol. The zero-order chi connectivity index (χ0) is 14.8. The van der Waals surface area contributed by atoms with Crippen LogP contribution >= 0.6 is 15.9 Å². The number of halogens is 2. The number of nitrogens with zero attached hydrogens (tertiary/aromatic N) is 1. The Morgan fingerprint density at radius 2 is 2.05 bits per heavy atom. The van der Waals surface area contributed by atoms with E-state index < -0.39 is 15.8 Å². The van der Waals surface area contributed by atoms with Gasteiger partial charge in [-0.15, -0.1) is 0 Å². The molecule has 0 fully saturated rings. The van der Waals surface area contributed by atoms with E-state index in [4.69, 9.17) is 4.74 Å². The molecule has 0 saturated heterocycles. The predicted octanol–water partition coefficient (Wildman–Crippen LogP) is 2.79. The molecule has 20 heavy (non-hydrogen) atoms. The molecule has 5 nitrogen and oxygen atoms in total. The first-order valence-electron chi connectivity index (χ1n) is 5.39. The third-order valence-corrected chi connectivity index (χ3v) is 4.43. The normalized spacial score (nSPS) is 11.2. The van der Waals surface area contributed by atoms with Crippen molar-refractivity contribution in [2.75, 3.05) is 11.8 Å². The number of pyridine rings is 1. The maximum Gasteiger partial charge on any atom is 0.263 e. The van der Waals surface area contributed by atoms with Gasteiger partial charge in [0.2, 0.25) is 0 Å². The highest BCUT2D eigenvalue weighted by molar-refractivity contribution is 9.10. The number of nitrogens with one attached hydrogen (secondary N) is 1. The molecular weight excluding hydrogens is 351 g/mol. The quantitative estimate of drug-likeness (QED) is 0.909. The minimum atomic E-state index is -3.92. The summed E-state index contributed by atoms with van der Waals surface area (Å²) in [6.07, 6.45) is 2.00. The number of sulfonamides is 1. The van der Waals surface area contributed by atoms with E-state index in [-0.39, 0.29) is 10.6 Å². The molecule has 1 aromatic heterocycles. The van der Waals surface area contributed by atoms with Crippen LogP contribution in [0.3, 0.4) is 0 Å². The smallest absolute Gasteiger partial charge is 0.263 e. The lowest BCUT2D eigenvalue weighted by molar-refractivity contribution is 0.415. The highest BCUT2D eigenvalue weighted by Gasteiger charge is 2.17. The van der Waals surface area contributed by atoms with Crippen molar-refractivity contribution in [2.24, 2.45) is 0 Å². The van der Waals surface area contributed by atoms with Gasteiger partial charge in [-0.25, -0.2) is 12.8 Å². The standard InChI is InChI=1S/C12H10BrFN2O3S/c1-19-9-2-3-11(13)12(5-9)16-20(17,18)10-4-8(14)6-15-7-10/h2-7,16H,1H3. The van der Waals surface area contributed by atoms with Gasteiger partial charge in [0.1, 0.15) is 16.5 Å². The van der Waals surface area contributed by atoms with E-state index >= 15 is 0 Å². The Balaban J connectivity index is 2.38. The lowest BCUT2D eigenvalue weighted by Gasteiger charge is -2.11. The molecule has 0 atom stereocenters. The summed E-state index contributed by atoms with van der Waals surface area (Å²) in [4.78, 5) is 3.26. The van der Waals surface area contributed by atoms with Crippen LogP contribution in [-0.4, -0.2) is 20.5 Å². The fourth-order valence-corrected chi connectivity index (χ4v) is 2.97. The fourth-order valence-electron chi connectivity index (χ4n) is 1.45. The lowest BCUT2D eigenvalue weighted by Crippen LogP contribution is -2.14. The molecule has 2 rings (SSSR count). The van der Waals surface area contributed by atoms with Crippen LogP contribution in [0.25, 0.3) is 0 Å². The summed E-state index contributed by atoms with van der Waals surface area (Å²) >= 11 is 3.23. The number of ether oxygens (including phenoxy) is 1. The minimum Gasteiger partial charge on any atom is -0.497 e. The molecule has 0 spiro atoms. The summed E-state index contributed by atoms with van der Waals surface area (Å²) in [7, 11) is -2.45. The van der Waals surface area contributed by atoms with Crippen molar-refractivity contribution >= 4 is 31.6 Å². The van der Waals surface area contributed by atoms with Crippen LogP contribution in [0, 0.1) is 5.82 Å². The number of anilines is 1. The third-order valence-electron chi connectivity index (χ3n) is 2.41. The largest absolute Gasteiger partial charge is 0.497 e. The summed E-state index contributed by atoms with van der Waals surface area (Å²) in [6.45, 7) is 0. The van der Waals surface area contributed by atoms with Crippen molar-refractivity contribution in [3.05, 3.63) is 46.9 Å². The molecule has 0 radical (unpaired) electrons. The Morgan fingerprint density at radius 1 is 1.30 bits per heavy atom. The van der Waals surface area contributed by atoms with Gasteiger partial charge in [-0.05, 0) is 34.1 Å². The number of benzene rings is 1. The van der Waals surface area contributed by atoms with Crippen molar-refractivity contribution in [3.8, 4) is 5.75 Å². The lowest BCUT2D eigenvalue weighted by atomic mass is 10.3. The molecule has 1 aromatic carbocycles. The molecule has 0 unspecified atom stereocenters. The van der Waals surface area contributed by atoms with Gasteiger partial charge in [0.05, 0.1) is 19.0 Å². The third kappa shape index (κ3) is 3.26. The molecule has 0 aliphatic heterocycles. The van der Waals surface area contributed by atoms with Gasteiger partial charge in [-0.2, -0.15) is 0 Å². The van der Waals surface area contributed by atoms with Crippen LogP contribution in [0.15, 0.2) is 46.0 Å². The molecule has 1 N–H and O–H groups in total. The second-order valence-corrected chi connectivity index (χ2v) is 6.33. The maximum atomic E-state index is 13.1. The van der Waals surface area contributed by atoms with Crippen molar-refractivity contribution in [3.63, 3.8) is 0 Å². The van der Waals surface area contributed by atoms with Gasteiger partial charge in [-0.1, -0.05) is 0 Å². The monoisotopic (exact) mass is 360 g/mol. The highest BCUT2D eigenvalue weighted by atomic mass is 79.9. The molecule has 0 aliphatic rings. The van der Waals surface area contributed by atoms with Gasteiger partial charge in [0.15, 0.2) is 0 Å². The van der Waals surface area contributed by atoms with Crippen molar-refractivity contribution in [1.82, 2.24) is 4.98 Å². The summed E-state index contributed by atoms with van der Waals surface area (Å²) in [5, 5.41) is 0. The van der Waals surface area contributed by atoms with Crippen molar-refractivity contribution < 1.29 is 17.5 Å². The van der Waals surface area contributed by atoms with Crippen LogP contribution in [-0.2, 0) is 10.0 Å². The van der Waals surface area contributed by atoms with Gasteiger partial charge < -0.3 is 4.74 Å². The van der Waals surface area contributed by atoms with Crippen LogP contribution < -0.4 is 9.46 Å². The van der Waals surface area contributed by atoms with E-state index in [0.717, 1.165) is 18.5 Å². The van der Waals surface area contributed by atoms with Gasteiger partial charge in [0.25, 0.3) is 10.0 Å². The number of hydrogen-bond donors (Lipinski definition) is 1. The van der Waals surface area contributed by atoms with E-state index in [1.165, 1.54) is 13.2 Å². The van der Waals surface area contributed by atoms with E-state index in [1.54, 1.807) is 12.1 Å². The maximum absolute atomic E-state index is 13.1.